The van der Waals surface area contributed by atoms with Crippen LogP contribution < -0.4 is 5.32 Å². The van der Waals surface area contributed by atoms with E-state index >= 15 is 0 Å². The van der Waals surface area contributed by atoms with Crippen molar-refractivity contribution in [3.05, 3.63) is 0 Å². The molecule has 2 atom stereocenters. The first-order valence-corrected chi connectivity index (χ1v) is 6.86. The lowest BCUT2D eigenvalue weighted by Gasteiger charge is -2.40. The van der Waals surface area contributed by atoms with E-state index in [0.717, 1.165) is 25.8 Å². The lowest BCUT2D eigenvalue weighted by atomic mass is 9.71. The van der Waals surface area contributed by atoms with Crippen LogP contribution in [-0.2, 0) is 4.79 Å². The van der Waals surface area contributed by atoms with Crippen molar-refractivity contribution in [2.75, 3.05) is 6.54 Å². The number of carboxylic acids is 1. The summed E-state index contributed by atoms with van der Waals surface area (Å²) >= 11 is 0. The summed E-state index contributed by atoms with van der Waals surface area (Å²) in [5.41, 5.74) is -0.669. The SMILES string of the molecule is CC(C)CNC1(C(=O)O)CCCC(C(C)C)C1. The smallest absolute Gasteiger partial charge is 0.323 e. The second-order valence-corrected chi connectivity index (χ2v) is 6.26. The van der Waals surface area contributed by atoms with Crippen LogP contribution in [0.5, 0.6) is 0 Å². The second-order valence-electron chi connectivity index (χ2n) is 6.26. The molecular formula is C14H27NO2. The molecular weight excluding hydrogens is 214 g/mol. The van der Waals surface area contributed by atoms with Gasteiger partial charge in [-0.1, -0.05) is 40.5 Å². The maximum atomic E-state index is 11.6. The van der Waals surface area contributed by atoms with Crippen molar-refractivity contribution >= 4 is 5.97 Å². The number of aliphatic carboxylic acids is 1. The molecule has 2 unspecified atom stereocenters. The second kappa shape index (κ2) is 5.85. The average molecular weight is 241 g/mol. The van der Waals surface area contributed by atoms with E-state index in [1.54, 1.807) is 0 Å². The zero-order valence-corrected chi connectivity index (χ0v) is 11.6. The van der Waals surface area contributed by atoms with Crippen molar-refractivity contribution in [2.24, 2.45) is 17.8 Å². The Morgan fingerprint density at radius 3 is 2.53 bits per heavy atom. The van der Waals surface area contributed by atoms with Gasteiger partial charge in [-0.15, -0.1) is 0 Å². The van der Waals surface area contributed by atoms with Crippen molar-refractivity contribution < 1.29 is 9.90 Å². The van der Waals surface area contributed by atoms with Crippen LogP contribution in [0.25, 0.3) is 0 Å². The Hall–Kier alpha value is -0.570. The summed E-state index contributed by atoms with van der Waals surface area (Å²) in [4.78, 5) is 11.6. The zero-order valence-electron chi connectivity index (χ0n) is 11.6. The molecule has 3 nitrogen and oxygen atoms in total. The van der Waals surface area contributed by atoms with Crippen LogP contribution in [0.1, 0.15) is 53.4 Å². The molecule has 1 rings (SSSR count). The third-order valence-corrected chi connectivity index (χ3v) is 3.99. The zero-order chi connectivity index (χ0) is 13.1. The molecule has 0 aromatic rings. The number of rotatable bonds is 5. The molecule has 0 aromatic carbocycles. The summed E-state index contributed by atoms with van der Waals surface area (Å²) < 4.78 is 0. The van der Waals surface area contributed by atoms with Crippen molar-refractivity contribution in [2.45, 2.75) is 58.9 Å². The molecule has 1 aliphatic rings. The highest BCUT2D eigenvalue weighted by molar-refractivity contribution is 5.79. The first-order valence-electron chi connectivity index (χ1n) is 6.86. The summed E-state index contributed by atoms with van der Waals surface area (Å²) in [6.07, 6.45) is 3.77. The van der Waals surface area contributed by atoms with E-state index in [1.807, 2.05) is 0 Å². The lowest BCUT2D eigenvalue weighted by Crippen LogP contribution is -2.56. The molecule has 3 heteroatoms. The third-order valence-electron chi connectivity index (χ3n) is 3.99. The molecule has 17 heavy (non-hydrogen) atoms. The predicted molar refractivity (Wildman–Crippen MR) is 70.0 cm³/mol. The van der Waals surface area contributed by atoms with E-state index in [1.165, 1.54) is 6.42 Å². The van der Waals surface area contributed by atoms with Crippen LogP contribution in [0.4, 0.5) is 0 Å². The largest absolute Gasteiger partial charge is 0.480 e. The van der Waals surface area contributed by atoms with Crippen LogP contribution >= 0.6 is 0 Å². The fraction of sp³-hybridized carbons (Fsp3) is 0.929. The number of hydrogen-bond donors (Lipinski definition) is 2. The molecule has 1 aliphatic carbocycles. The minimum atomic E-state index is -0.669. The van der Waals surface area contributed by atoms with Crippen LogP contribution in [0, 0.1) is 17.8 Å². The fourth-order valence-electron chi connectivity index (χ4n) is 2.72. The van der Waals surface area contributed by atoms with Gasteiger partial charge in [0.25, 0.3) is 0 Å². The molecule has 0 aromatic heterocycles. The van der Waals surface area contributed by atoms with Crippen LogP contribution in [0.15, 0.2) is 0 Å². The highest BCUT2D eigenvalue weighted by Crippen LogP contribution is 2.36. The van der Waals surface area contributed by atoms with E-state index in [-0.39, 0.29) is 0 Å². The molecule has 100 valence electrons. The molecule has 0 bridgehead atoms. The molecule has 2 N–H and O–H groups in total. The Kier molecular flexibility index (Phi) is 4.99. The van der Waals surface area contributed by atoms with Crippen molar-refractivity contribution in [1.29, 1.82) is 0 Å². The van der Waals surface area contributed by atoms with Gasteiger partial charge in [0.2, 0.25) is 0 Å². The third kappa shape index (κ3) is 3.70. The van der Waals surface area contributed by atoms with E-state index in [2.05, 4.69) is 33.0 Å². The van der Waals surface area contributed by atoms with E-state index in [4.69, 9.17) is 0 Å². The van der Waals surface area contributed by atoms with Gasteiger partial charge < -0.3 is 10.4 Å². The standard InChI is InChI=1S/C14H27NO2/c1-10(2)9-15-14(13(16)17)7-5-6-12(8-14)11(3)4/h10-12,15H,5-9H2,1-4H3,(H,16,17). The Morgan fingerprint density at radius 2 is 2.06 bits per heavy atom. The summed E-state index contributed by atoms with van der Waals surface area (Å²) in [6.45, 7) is 9.42. The fourth-order valence-corrected chi connectivity index (χ4v) is 2.72. The molecule has 0 aliphatic heterocycles. The van der Waals surface area contributed by atoms with Gasteiger partial charge in [-0.25, -0.2) is 0 Å². The molecule has 0 heterocycles. The lowest BCUT2D eigenvalue weighted by molar-refractivity contribution is -0.147. The highest BCUT2D eigenvalue weighted by atomic mass is 16.4. The quantitative estimate of drug-likeness (QED) is 0.778. The number of carboxylic acid groups (broad SMARTS) is 1. The Morgan fingerprint density at radius 1 is 1.41 bits per heavy atom. The van der Waals surface area contributed by atoms with E-state index < -0.39 is 11.5 Å². The van der Waals surface area contributed by atoms with Gasteiger partial charge in [-0.2, -0.15) is 0 Å². The Bertz CT molecular complexity index is 263. The maximum absolute atomic E-state index is 11.6. The van der Waals surface area contributed by atoms with Crippen molar-refractivity contribution in [3.8, 4) is 0 Å². The number of carbonyl (C=O) groups is 1. The minimum Gasteiger partial charge on any atom is -0.480 e. The normalized spacial score (nSPS) is 29.9. The Balaban J connectivity index is 2.73. The molecule has 1 fully saturated rings. The monoisotopic (exact) mass is 241 g/mol. The summed E-state index contributed by atoms with van der Waals surface area (Å²) in [6, 6.07) is 0. The van der Waals surface area contributed by atoms with E-state index in [0.29, 0.717) is 17.8 Å². The summed E-state index contributed by atoms with van der Waals surface area (Å²) in [7, 11) is 0. The van der Waals surface area contributed by atoms with E-state index in [9.17, 15) is 9.90 Å². The average Bonchev–Trinajstić information content (AvgIpc) is 2.26. The van der Waals surface area contributed by atoms with Gasteiger partial charge in [-0.3, -0.25) is 4.79 Å². The Labute approximate surface area is 105 Å². The molecule has 1 saturated carbocycles. The minimum absolute atomic E-state index is 0.491. The van der Waals surface area contributed by atoms with Crippen LogP contribution in [0.3, 0.4) is 0 Å². The van der Waals surface area contributed by atoms with Gasteiger partial charge in [0.15, 0.2) is 0 Å². The predicted octanol–water partition coefficient (Wildman–Crippen LogP) is 2.90. The summed E-state index contributed by atoms with van der Waals surface area (Å²) in [5.74, 6) is 0.948. The molecule has 0 amide bonds. The van der Waals surface area contributed by atoms with Gasteiger partial charge in [0.05, 0.1) is 0 Å². The van der Waals surface area contributed by atoms with Crippen LogP contribution in [0.2, 0.25) is 0 Å². The van der Waals surface area contributed by atoms with Gasteiger partial charge in [0, 0.05) is 0 Å². The van der Waals surface area contributed by atoms with Gasteiger partial charge in [0.1, 0.15) is 5.54 Å². The number of hydrogen-bond acceptors (Lipinski definition) is 2. The highest BCUT2D eigenvalue weighted by Gasteiger charge is 2.43. The van der Waals surface area contributed by atoms with Crippen molar-refractivity contribution in [3.63, 3.8) is 0 Å². The van der Waals surface area contributed by atoms with Crippen LogP contribution in [-0.4, -0.2) is 23.2 Å². The molecule has 0 radical (unpaired) electrons. The first kappa shape index (κ1) is 14.5. The number of nitrogens with one attached hydrogen (secondary N) is 1. The molecule has 0 spiro atoms. The van der Waals surface area contributed by atoms with Crippen molar-refractivity contribution in [1.82, 2.24) is 5.32 Å². The summed E-state index contributed by atoms with van der Waals surface area (Å²) in [5, 5.41) is 12.9. The topological polar surface area (TPSA) is 49.3 Å². The first-order chi connectivity index (χ1) is 7.87. The van der Waals surface area contributed by atoms with Gasteiger partial charge >= 0.3 is 5.97 Å². The molecule has 0 saturated heterocycles. The van der Waals surface area contributed by atoms with Gasteiger partial charge in [-0.05, 0) is 37.1 Å². The maximum Gasteiger partial charge on any atom is 0.323 e.